The van der Waals surface area contributed by atoms with Crippen LogP contribution in [0.5, 0.6) is 0 Å². The Morgan fingerprint density at radius 3 is 2.47 bits per heavy atom. The Morgan fingerprint density at radius 2 is 1.94 bits per heavy atom. The molecule has 0 radical (unpaired) electrons. The van der Waals surface area contributed by atoms with Gasteiger partial charge in [0.25, 0.3) is 0 Å². The average molecular weight is 240 g/mol. The van der Waals surface area contributed by atoms with Crippen LogP contribution in [-0.4, -0.2) is 25.2 Å². The number of carbonyl (C=O) groups is 2. The van der Waals surface area contributed by atoms with E-state index in [0.717, 1.165) is 0 Å². The van der Waals surface area contributed by atoms with E-state index >= 15 is 0 Å². The Hall–Kier alpha value is -0.900. The number of rotatable bonds is 4. The maximum Gasteiger partial charge on any atom is 0.317 e. The van der Waals surface area contributed by atoms with E-state index in [9.17, 15) is 9.59 Å². The molecule has 1 aliphatic carbocycles. The molecule has 4 heteroatoms. The van der Waals surface area contributed by atoms with E-state index in [2.05, 4.69) is 13.8 Å². The van der Waals surface area contributed by atoms with Crippen LogP contribution in [0, 0.1) is 29.6 Å². The van der Waals surface area contributed by atoms with Crippen LogP contribution in [0.1, 0.15) is 27.2 Å². The maximum atomic E-state index is 11.8. The molecule has 0 amide bonds. The molecule has 4 nitrogen and oxygen atoms in total. The van der Waals surface area contributed by atoms with Gasteiger partial charge in [-0.15, -0.1) is 0 Å². The van der Waals surface area contributed by atoms with Crippen LogP contribution in [0.25, 0.3) is 0 Å². The van der Waals surface area contributed by atoms with Crippen molar-refractivity contribution in [2.24, 2.45) is 29.6 Å². The topological polar surface area (TPSA) is 52.6 Å². The van der Waals surface area contributed by atoms with Gasteiger partial charge in [0, 0.05) is 7.11 Å². The molecule has 1 saturated heterocycles. The summed E-state index contributed by atoms with van der Waals surface area (Å²) in [7, 11) is 1.66. The van der Waals surface area contributed by atoms with Crippen molar-refractivity contribution in [1.29, 1.82) is 0 Å². The van der Waals surface area contributed by atoms with Crippen molar-refractivity contribution in [2.45, 2.75) is 33.3 Å². The molecule has 5 atom stereocenters. The Kier molecular flexibility index (Phi) is 3.25. The molecule has 17 heavy (non-hydrogen) atoms. The van der Waals surface area contributed by atoms with E-state index in [1.165, 1.54) is 0 Å². The molecule has 0 aromatic rings. The highest BCUT2D eigenvalue weighted by molar-refractivity contribution is 5.94. The van der Waals surface area contributed by atoms with Gasteiger partial charge in [-0.3, -0.25) is 9.59 Å². The van der Waals surface area contributed by atoms with Crippen molar-refractivity contribution >= 4 is 11.9 Å². The molecular weight excluding hydrogens is 220 g/mol. The van der Waals surface area contributed by atoms with Gasteiger partial charge in [0.2, 0.25) is 0 Å². The second-order valence-corrected chi connectivity index (χ2v) is 5.56. The number of hydrogen-bond donors (Lipinski definition) is 0. The van der Waals surface area contributed by atoms with E-state index in [4.69, 9.17) is 9.47 Å². The lowest BCUT2D eigenvalue weighted by Crippen LogP contribution is -2.34. The fraction of sp³-hybridized carbons (Fsp3) is 0.846. The van der Waals surface area contributed by atoms with Crippen LogP contribution >= 0.6 is 0 Å². The summed E-state index contributed by atoms with van der Waals surface area (Å²) in [5, 5.41) is 0. The molecule has 0 N–H and O–H groups in total. The summed E-state index contributed by atoms with van der Waals surface area (Å²) in [4.78, 5) is 23.2. The molecule has 0 bridgehead atoms. The predicted molar refractivity (Wildman–Crippen MR) is 61.0 cm³/mol. The first kappa shape index (κ1) is 12.6. The average Bonchev–Trinajstić information content (AvgIpc) is 2.90. The van der Waals surface area contributed by atoms with Crippen molar-refractivity contribution in [1.82, 2.24) is 0 Å². The molecule has 2 rings (SSSR count). The predicted octanol–water partition coefficient (Wildman–Crippen LogP) is 1.63. The van der Waals surface area contributed by atoms with Crippen LogP contribution < -0.4 is 0 Å². The minimum atomic E-state index is -0.358. The standard InChI is InChI=1S/C13H20O4/c1-6(2)9(16-4)5-8-10-7(3)11(10)13(15)17-12(8)14/h6-11H,5H2,1-4H3. The molecule has 0 aromatic carbocycles. The van der Waals surface area contributed by atoms with Crippen LogP contribution in [0.15, 0.2) is 0 Å². The molecule has 2 aliphatic rings. The molecule has 96 valence electrons. The van der Waals surface area contributed by atoms with Crippen molar-refractivity contribution in [3.8, 4) is 0 Å². The van der Waals surface area contributed by atoms with E-state index < -0.39 is 0 Å². The van der Waals surface area contributed by atoms with Gasteiger partial charge >= 0.3 is 11.9 Å². The normalized spacial score (nSPS) is 37.7. The monoisotopic (exact) mass is 240 g/mol. The van der Waals surface area contributed by atoms with Crippen LogP contribution in [0.2, 0.25) is 0 Å². The first-order valence-corrected chi connectivity index (χ1v) is 6.25. The highest BCUT2D eigenvalue weighted by Gasteiger charge is 2.62. The number of cyclic esters (lactones) is 2. The van der Waals surface area contributed by atoms with E-state index in [1.807, 2.05) is 6.92 Å². The summed E-state index contributed by atoms with van der Waals surface area (Å²) in [6, 6.07) is 0. The van der Waals surface area contributed by atoms with Crippen LogP contribution in [0.3, 0.4) is 0 Å². The van der Waals surface area contributed by atoms with Gasteiger partial charge in [-0.05, 0) is 24.2 Å². The van der Waals surface area contributed by atoms with Gasteiger partial charge in [0.1, 0.15) is 0 Å². The molecule has 1 saturated carbocycles. The van der Waals surface area contributed by atoms with Crippen molar-refractivity contribution in [3.05, 3.63) is 0 Å². The molecule has 0 aromatic heterocycles. The summed E-state index contributed by atoms with van der Waals surface area (Å²) in [5.74, 6) is -0.0883. The lowest BCUT2D eigenvalue weighted by atomic mass is 9.89. The second kappa shape index (κ2) is 4.41. The molecule has 2 fully saturated rings. The van der Waals surface area contributed by atoms with Crippen molar-refractivity contribution < 1.29 is 19.1 Å². The lowest BCUT2D eigenvalue weighted by Gasteiger charge is -2.25. The zero-order valence-electron chi connectivity index (χ0n) is 10.8. The molecular formula is C13H20O4. The Labute approximate surface area is 102 Å². The Bertz CT molecular complexity index is 336. The van der Waals surface area contributed by atoms with E-state index in [1.54, 1.807) is 7.11 Å². The molecule has 0 spiro atoms. The first-order chi connectivity index (χ1) is 7.97. The largest absolute Gasteiger partial charge is 0.393 e. The zero-order chi connectivity index (χ0) is 12.7. The third kappa shape index (κ3) is 2.10. The smallest absolute Gasteiger partial charge is 0.317 e. The van der Waals surface area contributed by atoms with Crippen molar-refractivity contribution in [3.63, 3.8) is 0 Å². The third-order valence-corrected chi connectivity index (χ3v) is 4.22. The van der Waals surface area contributed by atoms with Gasteiger partial charge in [-0.25, -0.2) is 0 Å². The fourth-order valence-corrected chi connectivity index (χ4v) is 3.03. The lowest BCUT2D eigenvalue weighted by molar-refractivity contribution is -0.169. The fourth-order valence-electron chi connectivity index (χ4n) is 3.03. The van der Waals surface area contributed by atoms with Gasteiger partial charge in [0.15, 0.2) is 0 Å². The quantitative estimate of drug-likeness (QED) is 0.553. The maximum absolute atomic E-state index is 11.8. The third-order valence-electron chi connectivity index (χ3n) is 4.22. The number of fused-ring (bicyclic) bond motifs is 1. The number of esters is 2. The minimum Gasteiger partial charge on any atom is -0.393 e. The number of carbonyl (C=O) groups excluding carboxylic acids is 2. The molecule has 1 heterocycles. The summed E-state index contributed by atoms with van der Waals surface area (Å²) in [6.45, 7) is 6.15. The summed E-state index contributed by atoms with van der Waals surface area (Å²) in [6.07, 6.45) is 0.709. The molecule has 1 aliphatic heterocycles. The highest BCUT2D eigenvalue weighted by Crippen LogP contribution is 2.55. The summed E-state index contributed by atoms with van der Waals surface area (Å²) < 4.78 is 10.2. The number of hydrogen-bond acceptors (Lipinski definition) is 4. The van der Waals surface area contributed by atoms with Gasteiger partial charge in [-0.1, -0.05) is 20.8 Å². The molecule has 5 unspecified atom stereocenters. The second-order valence-electron chi connectivity index (χ2n) is 5.56. The number of methoxy groups -OCH3 is 1. The number of ether oxygens (including phenoxy) is 2. The summed E-state index contributed by atoms with van der Waals surface area (Å²) in [5.41, 5.74) is 0. The van der Waals surface area contributed by atoms with Crippen LogP contribution in [0.4, 0.5) is 0 Å². The SMILES string of the molecule is COC(CC1C(=O)OC(=O)C2C(C)C12)C(C)C. The first-order valence-electron chi connectivity index (χ1n) is 6.25. The van der Waals surface area contributed by atoms with Gasteiger partial charge in [-0.2, -0.15) is 0 Å². The van der Waals surface area contributed by atoms with Crippen LogP contribution in [-0.2, 0) is 19.1 Å². The zero-order valence-corrected chi connectivity index (χ0v) is 10.8. The Balaban J connectivity index is 2.06. The Morgan fingerprint density at radius 1 is 1.29 bits per heavy atom. The summed E-state index contributed by atoms with van der Waals surface area (Å²) >= 11 is 0. The van der Waals surface area contributed by atoms with Gasteiger partial charge in [0.05, 0.1) is 17.9 Å². The van der Waals surface area contributed by atoms with E-state index in [-0.39, 0.29) is 41.7 Å². The minimum absolute atomic E-state index is 0.0502. The van der Waals surface area contributed by atoms with Crippen molar-refractivity contribution in [2.75, 3.05) is 7.11 Å². The highest BCUT2D eigenvalue weighted by atomic mass is 16.6. The van der Waals surface area contributed by atoms with Gasteiger partial charge < -0.3 is 9.47 Å². The van der Waals surface area contributed by atoms with E-state index in [0.29, 0.717) is 12.3 Å².